The minimum absolute atomic E-state index is 0.0470. The molecule has 0 saturated carbocycles. The number of ketones is 1. The average molecular weight is 359 g/mol. The molecule has 5 nitrogen and oxygen atoms in total. The number of halogens is 1. The molecule has 128 valence electrons. The van der Waals surface area contributed by atoms with Crippen LogP contribution in [-0.2, 0) is 10.0 Å². The summed E-state index contributed by atoms with van der Waals surface area (Å²) in [5.41, 5.74) is 0.115. The summed E-state index contributed by atoms with van der Waals surface area (Å²) in [6.45, 7) is 0. The Morgan fingerprint density at radius 2 is 1.72 bits per heavy atom. The number of ether oxygens (including phenoxy) is 1. The summed E-state index contributed by atoms with van der Waals surface area (Å²) in [6, 6.07) is 12.6. The second kappa shape index (κ2) is 6.27. The van der Waals surface area contributed by atoms with Crippen LogP contribution in [0.15, 0.2) is 59.5 Å². The minimum atomic E-state index is -4.13. The molecule has 0 aliphatic rings. The number of hydrogen-bond acceptors (Lipinski definition) is 4. The number of benzene rings is 3. The van der Waals surface area contributed by atoms with E-state index in [4.69, 9.17) is 9.88 Å². The maximum atomic E-state index is 13.1. The Labute approximate surface area is 143 Å². The highest BCUT2D eigenvalue weighted by Gasteiger charge is 2.23. The first-order valence-corrected chi connectivity index (χ1v) is 8.80. The lowest BCUT2D eigenvalue weighted by molar-refractivity contribution is 0.103. The van der Waals surface area contributed by atoms with Crippen molar-refractivity contribution in [3.8, 4) is 5.75 Å². The highest BCUT2D eigenvalue weighted by Crippen LogP contribution is 2.30. The molecule has 3 aromatic rings. The van der Waals surface area contributed by atoms with Crippen LogP contribution < -0.4 is 9.88 Å². The molecular weight excluding hydrogens is 345 g/mol. The van der Waals surface area contributed by atoms with E-state index >= 15 is 0 Å². The third-order valence-corrected chi connectivity index (χ3v) is 4.78. The van der Waals surface area contributed by atoms with Crippen molar-refractivity contribution in [3.63, 3.8) is 0 Å². The second-order valence-electron chi connectivity index (χ2n) is 5.41. The Kier molecular flexibility index (Phi) is 4.28. The molecule has 0 unspecified atom stereocenters. The summed E-state index contributed by atoms with van der Waals surface area (Å²) in [7, 11) is -2.62. The molecule has 2 N–H and O–H groups in total. The zero-order chi connectivity index (χ0) is 18.2. The molecule has 25 heavy (non-hydrogen) atoms. The predicted molar refractivity (Wildman–Crippen MR) is 91.7 cm³/mol. The molecule has 0 saturated heterocycles. The van der Waals surface area contributed by atoms with Crippen molar-refractivity contribution in [2.75, 3.05) is 7.11 Å². The molecule has 0 aliphatic carbocycles. The van der Waals surface area contributed by atoms with Crippen LogP contribution >= 0.6 is 0 Å². The minimum Gasteiger partial charge on any atom is -0.497 e. The Bertz CT molecular complexity index is 1080. The van der Waals surface area contributed by atoms with E-state index in [1.807, 2.05) is 0 Å². The van der Waals surface area contributed by atoms with E-state index in [2.05, 4.69) is 0 Å². The highest BCUT2D eigenvalue weighted by atomic mass is 32.2. The standard InChI is InChI=1S/C18H14FNO4S/c1-24-14-7-8-15-12(10-14)4-9-16(25(20,22)23)17(15)18(21)11-2-5-13(19)6-3-11/h2-10H,1H3,(H2,20,22,23). The normalized spacial score (nSPS) is 11.5. The summed E-state index contributed by atoms with van der Waals surface area (Å²) in [4.78, 5) is 12.6. The number of rotatable bonds is 4. The molecule has 7 heteroatoms. The van der Waals surface area contributed by atoms with E-state index in [1.54, 1.807) is 24.3 Å². The summed E-state index contributed by atoms with van der Waals surface area (Å²) in [6.07, 6.45) is 0. The van der Waals surface area contributed by atoms with Gasteiger partial charge in [-0.1, -0.05) is 6.07 Å². The van der Waals surface area contributed by atoms with Crippen molar-refractivity contribution in [3.05, 3.63) is 71.5 Å². The maximum absolute atomic E-state index is 13.1. The molecule has 0 bridgehead atoms. The molecule has 3 rings (SSSR count). The van der Waals surface area contributed by atoms with Crippen molar-refractivity contribution < 1.29 is 22.3 Å². The molecule has 0 atom stereocenters. The molecule has 0 spiro atoms. The lowest BCUT2D eigenvalue weighted by Crippen LogP contribution is -2.17. The van der Waals surface area contributed by atoms with Gasteiger partial charge >= 0.3 is 0 Å². The van der Waals surface area contributed by atoms with Gasteiger partial charge in [0, 0.05) is 5.56 Å². The third-order valence-electron chi connectivity index (χ3n) is 3.83. The fraction of sp³-hybridized carbons (Fsp3) is 0.0556. The van der Waals surface area contributed by atoms with E-state index < -0.39 is 21.6 Å². The second-order valence-corrected chi connectivity index (χ2v) is 6.94. The number of carbonyl (C=O) groups excluding carboxylic acids is 1. The topological polar surface area (TPSA) is 86.5 Å². The largest absolute Gasteiger partial charge is 0.497 e. The fourth-order valence-corrected chi connectivity index (χ4v) is 3.38. The van der Waals surface area contributed by atoms with Crippen LogP contribution in [0.25, 0.3) is 10.8 Å². The number of carbonyl (C=O) groups is 1. The monoisotopic (exact) mass is 359 g/mol. The van der Waals surface area contributed by atoms with Crippen LogP contribution in [0.4, 0.5) is 4.39 Å². The van der Waals surface area contributed by atoms with Crippen LogP contribution in [0.1, 0.15) is 15.9 Å². The average Bonchev–Trinajstić information content (AvgIpc) is 2.59. The third kappa shape index (κ3) is 3.24. The Hall–Kier alpha value is -2.77. The number of primary sulfonamides is 1. The van der Waals surface area contributed by atoms with Gasteiger partial charge in [0.05, 0.1) is 17.6 Å². The molecule has 0 aliphatic heterocycles. The van der Waals surface area contributed by atoms with Crippen molar-refractivity contribution in [1.29, 1.82) is 0 Å². The Balaban J connectivity index is 2.32. The molecule has 0 aromatic heterocycles. The molecular formula is C18H14FNO4S. The summed E-state index contributed by atoms with van der Waals surface area (Å²) >= 11 is 0. The van der Waals surface area contributed by atoms with Crippen LogP contribution in [0, 0.1) is 5.82 Å². The molecule has 0 fully saturated rings. The lowest BCUT2D eigenvalue weighted by Gasteiger charge is -2.12. The van der Waals surface area contributed by atoms with E-state index in [-0.39, 0.29) is 16.0 Å². The van der Waals surface area contributed by atoms with Crippen molar-refractivity contribution in [2.45, 2.75) is 4.90 Å². The van der Waals surface area contributed by atoms with Gasteiger partial charge in [0.25, 0.3) is 0 Å². The number of nitrogens with two attached hydrogens (primary N) is 1. The van der Waals surface area contributed by atoms with Crippen molar-refractivity contribution >= 4 is 26.6 Å². The van der Waals surface area contributed by atoms with Gasteiger partial charge in [0.2, 0.25) is 10.0 Å². The number of methoxy groups -OCH3 is 1. The molecule has 0 amide bonds. The zero-order valence-corrected chi connectivity index (χ0v) is 14.0. The van der Waals surface area contributed by atoms with E-state index in [1.165, 1.54) is 25.3 Å². The Morgan fingerprint density at radius 1 is 1.04 bits per heavy atom. The predicted octanol–water partition coefficient (Wildman–Crippen LogP) is 2.87. The number of hydrogen-bond donors (Lipinski definition) is 1. The molecule has 3 aromatic carbocycles. The maximum Gasteiger partial charge on any atom is 0.238 e. The first-order valence-electron chi connectivity index (χ1n) is 7.25. The lowest BCUT2D eigenvalue weighted by atomic mass is 9.97. The van der Waals surface area contributed by atoms with Gasteiger partial charge in [-0.15, -0.1) is 0 Å². The van der Waals surface area contributed by atoms with Gasteiger partial charge in [-0.25, -0.2) is 17.9 Å². The van der Waals surface area contributed by atoms with Crippen molar-refractivity contribution in [2.24, 2.45) is 5.14 Å². The number of sulfonamides is 1. The van der Waals surface area contributed by atoms with Gasteiger partial charge in [-0.05, 0) is 59.3 Å². The van der Waals surface area contributed by atoms with Gasteiger partial charge in [0.15, 0.2) is 5.78 Å². The van der Waals surface area contributed by atoms with E-state index in [9.17, 15) is 17.6 Å². The summed E-state index contributed by atoms with van der Waals surface area (Å²) < 4.78 is 42.2. The summed E-state index contributed by atoms with van der Waals surface area (Å²) in [5.74, 6) is -0.485. The van der Waals surface area contributed by atoms with E-state index in [0.29, 0.717) is 16.5 Å². The highest BCUT2D eigenvalue weighted by molar-refractivity contribution is 7.89. The van der Waals surface area contributed by atoms with Gasteiger partial charge in [-0.3, -0.25) is 4.79 Å². The van der Waals surface area contributed by atoms with Crippen LogP contribution in [0.2, 0.25) is 0 Å². The summed E-state index contributed by atoms with van der Waals surface area (Å²) in [5, 5.41) is 6.32. The Morgan fingerprint density at radius 3 is 2.32 bits per heavy atom. The van der Waals surface area contributed by atoms with Gasteiger partial charge < -0.3 is 4.74 Å². The molecule has 0 radical (unpaired) electrons. The first kappa shape index (κ1) is 17.1. The quantitative estimate of drug-likeness (QED) is 0.726. The van der Waals surface area contributed by atoms with Gasteiger partial charge in [-0.2, -0.15) is 0 Å². The smallest absolute Gasteiger partial charge is 0.238 e. The van der Waals surface area contributed by atoms with Crippen molar-refractivity contribution in [1.82, 2.24) is 0 Å². The van der Waals surface area contributed by atoms with Gasteiger partial charge in [0.1, 0.15) is 11.6 Å². The van der Waals surface area contributed by atoms with E-state index in [0.717, 1.165) is 12.1 Å². The van der Waals surface area contributed by atoms with Crippen LogP contribution in [-0.4, -0.2) is 21.3 Å². The zero-order valence-electron chi connectivity index (χ0n) is 13.2. The SMILES string of the molecule is COc1ccc2c(C(=O)c3ccc(F)cc3)c(S(N)(=O)=O)ccc2c1. The molecule has 0 heterocycles. The fourth-order valence-electron chi connectivity index (χ4n) is 2.63. The van der Waals surface area contributed by atoms with Crippen LogP contribution in [0.5, 0.6) is 5.75 Å². The van der Waals surface area contributed by atoms with Crippen LogP contribution in [0.3, 0.4) is 0 Å². The first-order chi connectivity index (χ1) is 11.8. The number of fused-ring (bicyclic) bond motifs is 1.